The maximum absolute atomic E-state index is 11.6. The monoisotopic (exact) mass is 268 g/mol. The van der Waals surface area contributed by atoms with E-state index in [1.165, 1.54) is 11.7 Å². The number of fused-ring (bicyclic) bond motifs is 1. The van der Waals surface area contributed by atoms with Gasteiger partial charge in [-0.2, -0.15) is 0 Å². The lowest BCUT2D eigenvalue weighted by Gasteiger charge is -2.02. The number of rotatable bonds is 2. The van der Waals surface area contributed by atoms with Gasteiger partial charge in [0.15, 0.2) is 0 Å². The van der Waals surface area contributed by atoms with Crippen LogP contribution >= 0.6 is 12.4 Å². The van der Waals surface area contributed by atoms with Crippen LogP contribution in [-0.4, -0.2) is 23.8 Å². The van der Waals surface area contributed by atoms with Gasteiger partial charge in [-0.15, -0.1) is 12.4 Å². The third kappa shape index (κ3) is 2.66. The van der Waals surface area contributed by atoms with Crippen LogP contribution in [0.5, 0.6) is 0 Å². The third-order valence-electron chi connectivity index (χ3n) is 2.71. The summed E-state index contributed by atoms with van der Waals surface area (Å²) in [7, 11) is 1.38. The SMILES string of the molecule is COC(=O)n1cc(C[C@@H](C)N)c2ccccc21.Cl. The van der Waals surface area contributed by atoms with Gasteiger partial charge in [0.2, 0.25) is 0 Å². The van der Waals surface area contributed by atoms with Gasteiger partial charge >= 0.3 is 6.09 Å². The second kappa shape index (κ2) is 5.89. The maximum atomic E-state index is 11.6. The second-order valence-corrected chi connectivity index (χ2v) is 4.19. The predicted octanol–water partition coefficient (Wildman–Crippen LogP) is 2.57. The minimum atomic E-state index is -0.378. The molecule has 98 valence electrons. The van der Waals surface area contributed by atoms with Crippen molar-refractivity contribution < 1.29 is 9.53 Å². The number of hydrogen-bond donors (Lipinski definition) is 1. The summed E-state index contributed by atoms with van der Waals surface area (Å²) in [5.74, 6) is 0. The number of ether oxygens (including phenoxy) is 1. The van der Waals surface area contributed by atoms with Crippen molar-refractivity contribution in [2.45, 2.75) is 19.4 Å². The quantitative estimate of drug-likeness (QED) is 0.911. The van der Waals surface area contributed by atoms with Crippen LogP contribution in [0.2, 0.25) is 0 Å². The van der Waals surface area contributed by atoms with Crippen LogP contribution in [0.4, 0.5) is 4.79 Å². The number of carbonyl (C=O) groups is 1. The Balaban J connectivity index is 0.00000162. The highest BCUT2D eigenvalue weighted by molar-refractivity contribution is 5.91. The number of halogens is 1. The number of carbonyl (C=O) groups excluding carboxylic acids is 1. The fraction of sp³-hybridized carbons (Fsp3) is 0.308. The Morgan fingerprint density at radius 2 is 2.11 bits per heavy atom. The number of para-hydroxylation sites is 1. The van der Waals surface area contributed by atoms with Gasteiger partial charge in [0.25, 0.3) is 0 Å². The van der Waals surface area contributed by atoms with Crippen molar-refractivity contribution in [2.24, 2.45) is 5.73 Å². The lowest BCUT2D eigenvalue weighted by molar-refractivity contribution is 0.174. The van der Waals surface area contributed by atoms with E-state index in [0.717, 1.165) is 22.9 Å². The molecule has 2 N–H and O–H groups in total. The molecule has 0 fully saturated rings. The van der Waals surface area contributed by atoms with E-state index >= 15 is 0 Å². The van der Waals surface area contributed by atoms with Gasteiger partial charge in [-0.25, -0.2) is 4.79 Å². The summed E-state index contributed by atoms with van der Waals surface area (Å²) in [6.45, 7) is 1.95. The molecule has 0 aliphatic carbocycles. The Labute approximate surface area is 112 Å². The largest absolute Gasteiger partial charge is 0.452 e. The molecule has 0 amide bonds. The molecule has 4 nitrogen and oxygen atoms in total. The van der Waals surface area contributed by atoms with Crippen LogP contribution < -0.4 is 5.73 Å². The van der Waals surface area contributed by atoms with Crippen LogP contribution in [0.25, 0.3) is 10.9 Å². The molecule has 18 heavy (non-hydrogen) atoms. The zero-order valence-electron chi connectivity index (χ0n) is 10.4. The molecular formula is C13H17ClN2O2. The Morgan fingerprint density at radius 3 is 2.72 bits per heavy atom. The van der Waals surface area contributed by atoms with Crippen LogP contribution in [0, 0.1) is 0 Å². The van der Waals surface area contributed by atoms with E-state index < -0.39 is 0 Å². The first-order valence-corrected chi connectivity index (χ1v) is 5.56. The molecule has 0 radical (unpaired) electrons. The van der Waals surface area contributed by atoms with E-state index in [4.69, 9.17) is 10.5 Å². The first-order chi connectivity index (χ1) is 8.13. The Bertz CT molecular complexity index is 549. The highest BCUT2D eigenvalue weighted by atomic mass is 35.5. The fourth-order valence-corrected chi connectivity index (χ4v) is 2.01. The van der Waals surface area contributed by atoms with Crippen LogP contribution in [0.1, 0.15) is 12.5 Å². The minimum Gasteiger partial charge on any atom is -0.452 e. The van der Waals surface area contributed by atoms with E-state index in [-0.39, 0.29) is 24.5 Å². The smallest absolute Gasteiger partial charge is 0.418 e. The van der Waals surface area contributed by atoms with Crippen molar-refractivity contribution in [3.8, 4) is 0 Å². The first-order valence-electron chi connectivity index (χ1n) is 5.56. The van der Waals surface area contributed by atoms with Crippen LogP contribution in [-0.2, 0) is 11.2 Å². The van der Waals surface area contributed by atoms with E-state index in [0.29, 0.717) is 0 Å². The summed E-state index contributed by atoms with van der Waals surface area (Å²) in [4.78, 5) is 11.6. The van der Waals surface area contributed by atoms with Gasteiger partial charge in [-0.1, -0.05) is 18.2 Å². The molecule has 0 spiro atoms. The van der Waals surface area contributed by atoms with Gasteiger partial charge in [0.1, 0.15) is 0 Å². The number of methoxy groups -OCH3 is 1. The van der Waals surface area contributed by atoms with Crippen molar-refractivity contribution >= 4 is 29.4 Å². The van der Waals surface area contributed by atoms with E-state index in [1.807, 2.05) is 31.2 Å². The minimum absolute atomic E-state index is 0. The van der Waals surface area contributed by atoms with Gasteiger partial charge in [0, 0.05) is 17.6 Å². The molecule has 1 atom stereocenters. The normalized spacial score (nSPS) is 11.9. The third-order valence-corrected chi connectivity index (χ3v) is 2.71. The van der Waals surface area contributed by atoms with Crippen molar-refractivity contribution in [3.05, 3.63) is 36.0 Å². The van der Waals surface area contributed by atoms with E-state index in [9.17, 15) is 4.79 Å². The lowest BCUT2D eigenvalue weighted by Crippen LogP contribution is -2.17. The molecule has 0 bridgehead atoms. The molecule has 0 saturated heterocycles. The summed E-state index contributed by atoms with van der Waals surface area (Å²) in [6.07, 6.45) is 2.17. The maximum Gasteiger partial charge on any atom is 0.418 e. The average Bonchev–Trinajstić information content (AvgIpc) is 2.67. The molecule has 0 aliphatic rings. The number of aromatic nitrogens is 1. The van der Waals surface area contributed by atoms with Gasteiger partial charge in [-0.3, -0.25) is 4.57 Å². The molecule has 0 unspecified atom stereocenters. The molecule has 0 saturated carbocycles. The highest BCUT2D eigenvalue weighted by Crippen LogP contribution is 2.22. The van der Waals surface area contributed by atoms with Crippen molar-refractivity contribution in [1.29, 1.82) is 0 Å². The highest BCUT2D eigenvalue weighted by Gasteiger charge is 2.13. The van der Waals surface area contributed by atoms with Gasteiger partial charge in [0.05, 0.1) is 12.6 Å². The summed E-state index contributed by atoms with van der Waals surface area (Å²) >= 11 is 0. The summed E-state index contributed by atoms with van der Waals surface area (Å²) in [5.41, 5.74) is 7.73. The molecule has 2 rings (SSSR count). The molecule has 5 heteroatoms. The fourth-order valence-electron chi connectivity index (χ4n) is 2.01. The summed E-state index contributed by atoms with van der Waals surface area (Å²) < 4.78 is 6.28. The number of nitrogens with zero attached hydrogens (tertiary/aromatic N) is 1. The zero-order chi connectivity index (χ0) is 12.4. The topological polar surface area (TPSA) is 57.2 Å². The van der Waals surface area contributed by atoms with E-state index in [1.54, 1.807) is 6.20 Å². The standard InChI is InChI=1S/C13H16N2O2.ClH/c1-9(14)7-10-8-15(13(16)17-2)12-6-4-3-5-11(10)12;/h3-6,8-9H,7,14H2,1-2H3;1H/t9-;/m1./s1. The predicted molar refractivity (Wildman–Crippen MR) is 74.3 cm³/mol. The summed E-state index contributed by atoms with van der Waals surface area (Å²) in [5, 5.41) is 1.05. The molecule has 0 aliphatic heterocycles. The Morgan fingerprint density at radius 1 is 1.44 bits per heavy atom. The molecule has 1 heterocycles. The number of nitrogens with two attached hydrogens (primary N) is 1. The Kier molecular flexibility index (Phi) is 4.76. The first kappa shape index (κ1) is 14.5. The molecule has 2 aromatic rings. The summed E-state index contributed by atoms with van der Waals surface area (Å²) in [6, 6.07) is 7.81. The lowest BCUT2D eigenvalue weighted by atomic mass is 10.1. The van der Waals surface area contributed by atoms with Crippen molar-refractivity contribution in [2.75, 3.05) is 7.11 Å². The molecular weight excluding hydrogens is 252 g/mol. The molecule has 1 aromatic carbocycles. The average molecular weight is 269 g/mol. The number of benzene rings is 1. The van der Waals surface area contributed by atoms with Crippen LogP contribution in [0.3, 0.4) is 0 Å². The second-order valence-electron chi connectivity index (χ2n) is 4.19. The van der Waals surface area contributed by atoms with Gasteiger partial charge < -0.3 is 10.5 Å². The van der Waals surface area contributed by atoms with Crippen molar-refractivity contribution in [3.63, 3.8) is 0 Å². The zero-order valence-corrected chi connectivity index (χ0v) is 11.2. The van der Waals surface area contributed by atoms with E-state index in [2.05, 4.69) is 0 Å². The van der Waals surface area contributed by atoms with Crippen LogP contribution in [0.15, 0.2) is 30.5 Å². The van der Waals surface area contributed by atoms with Crippen molar-refractivity contribution in [1.82, 2.24) is 4.57 Å². The number of hydrogen-bond acceptors (Lipinski definition) is 3. The Hall–Kier alpha value is -1.52. The van der Waals surface area contributed by atoms with Gasteiger partial charge in [-0.05, 0) is 25.0 Å². The molecule has 1 aromatic heterocycles.